The molecule has 0 saturated heterocycles. The summed E-state index contributed by atoms with van der Waals surface area (Å²) in [6.45, 7) is 0.00298. The van der Waals surface area contributed by atoms with Gasteiger partial charge in [0.1, 0.15) is 0 Å². The van der Waals surface area contributed by atoms with Crippen LogP contribution in [0.25, 0.3) is 0 Å². The molecule has 0 bridgehead atoms. The molecule has 1 rings (SSSR count). The Kier molecular flexibility index (Phi) is 5.55. The van der Waals surface area contributed by atoms with E-state index in [-0.39, 0.29) is 12.5 Å². The van der Waals surface area contributed by atoms with Crippen molar-refractivity contribution in [3.05, 3.63) is 29.3 Å². The maximum absolute atomic E-state index is 11.2. The Bertz CT molecular complexity index is 423. The van der Waals surface area contributed by atoms with Crippen LogP contribution in [0, 0.1) is 11.8 Å². The monoisotopic (exact) mass is 257 g/mol. The van der Waals surface area contributed by atoms with Gasteiger partial charge in [-0.15, -0.1) is 11.6 Å². The first-order valence-corrected chi connectivity index (χ1v) is 5.35. The van der Waals surface area contributed by atoms with Gasteiger partial charge < -0.3 is 4.74 Å². The molecule has 0 radical (unpaired) electrons. The Morgan fingerprint density at radius 1 is 1.38 bits per heavy atom. The molecule has 0 aromatic heterocycles. The molecular formula is C11H9Cl2NO2. The van der Waals surface area contributed by atoms with Crippen LogP contribution in [0.1, 0.15) is 0 Å². The topological polar surface area (TPSA) is 38.3 Å². The lowest BCUT2D eigenvalue weighted by Crippen LogP contribution is -2.14. The van der Waals surface area contributed by atoms with Crippen molar-refractivity contribution in [2.45, 2.75) is 0 Å². The first-order chi connectivity index (χ1) is 7.74. The van der Waals surface area contributed by atoms with Crippen molar-refractivity contribution in [3.8, 4) is 11.8 Å². The molecule has 0 atom stereocenters. The Morgan fingerprint density at radius 3 is 2.81 bits per heavy atom. The Hall–Kier alpha value is -1.37. The van der Waals surface area contributed by atoms with E-state index in [0.717, 1.165) is 0 Å². The van der Waals surface area contributed by atoms with Crippen molar-refractivity contribution >= 4 is 35.0 Å². The molecule has 3 nitrogen and oxygen atoms in total. The molecule has 1 amide bonds. The number of carbonyl (C=O) groups is 1. The summed E-state index contributed by atoms with van der Waals surface area (Å²) < 4.78 is 4.76. The molecular weight excluding hydrogens is 249 g/mol. The third kappa shape index (κ3) is 4.43. The summed E-state index contributed by atoms with van der Waals surface area (Å²) in [6.07, 6.45) is -0.600. The van der Waals surface area contributed by atoms with Crippen LogP contribution in [0.15, 0.2) is 24.3 Å². The fraction of sp³-hybridized carbons (Fsp3) is 0.182. The van der Waals surface area contributed by atoms with Gasteiger partial charge >= 0.3 is 6.09 Å². The van der Waals surface area contributed by atoms with E-state index in [1.807, 2.05) is 0 Å². The van der Waals surface area contributed by atoms with Gasteiger partial charge in [-0.3, -0.25) is 5.32 Å². The molecule has 1 N–H and O–H groups in total. The van der Waals surface area contributed by atoms with Gasteiger partial charge in [0.05, 0.1) is 16.6 Å². The average molecular weight is 258 g/mol. The third-order valence-corrected chi connectivity index (χ3v) is 2.04. The Morgan fingerprint density at radius 2 is 2.12 bits per heavy atom. The van der Waals surface area contributed by atoms with Crippen LogP contribution in [0.5, 0.6) is 0 Å². The lowest BCUT2D eigenvalue weighted by molar-refractivity contribution is 0.176. The van der Waals surface area contributed by atoms with Gasteiger partial charge in [-0.25, -0.2) is 4.79 Å². The van der Waals surface area contributed by atoms with Crippen molar-refractivity contribution < 1.29 is 9.53 Å². The smallest absolute Gasteiger partial charge is 0.412 e. The summed E-state index contributed by atoms with van der Waals surface area (Å²) in [5, 5.41) is 2.94. The summed E-state index contributed by atoms with van der Waals surface area (Å²) in [5.41, 5.74) is 0.500. The van der Waals surface area contributed by atoms with Crippen LogP contribution in [0.3, 0.4) is 0 Å². The number of anilines is 1. The number of carbonyl (C=O) groups excluding carboxylic acids is 1. The molecule has 0 unspecified atom stereocenters. The van der Waals surface area contributed by atoms with Crippen LogP contribution in [-0.4, -0.2) is 18.6 Å². The predicted molar refractivity (Wildman–Crippen MR) is 64.9 cm³/mol. The highest BCUT2D eigenvalue weighted by molar-refractivity contribution is 6.33. The molecule has 0 saturated carbocycles. The summed E-state index contributed by atoms with van der Waals surface area (Å²) in [5.74, 6) is 5.35. The highest BCUT2D eigenvalue weighted by Crippen LogP contribution is 2.20. The molecule has 0 aliphatic heterocycles. The number of rotatable bonds is 2. The molecule has 0 spiro atoms. The van der Waals surface area contributed by atoms with Gasteiger partial charge in [-0.05, 0) is 12.1 Å². The maximum atomic E-state index is 11.2. The van der Waals surface area contributed by atoms with Gasteiger partial charge in [-0.2, -0.15) is 0 Å². The number of para-hydroxylation sites is 1. The molecule has 1 aromatic carbocycles. The zero-order valence-electron chi connectivity index (χ0n) is 8.30. The second-order valence-corrected chi connectivity index (χ2v) is 3.34. The number of benzene rings is 1. The van der Waals surface area contributed by atoms with Crippen LogP contribution >= 0.6 is 23.2 Å². The zero-order valence-corrected chi connectivity index (χ0v) is 9.81. The highest BCUT2D eigenvalue weighted by atomic mass is 35.5. The van der Waals surface area contributed by atoms with Crippen molar-refractivity contribution in [3.63, 3.8) is 0 Å². The van der Waals surface area contributed by atoms with E-state index in [4.69, 9.17) is 27.9 Å². The number of halogens is 2. The van der Waals surface area contributed by atoms with Gasteiger partial charge in [-0.1, -0.05) is 35.6 Å². The Balaban J connectivity index is 2.43. The van der Waals surface area contributed by atoms with Gasteiger partial charge in [0.2, 0.25) is 0 Å². The minimum Gasteiger partial charge on any atom is -0.436 e. The first-order valence-electron chi connectivity index (χ1n) is 4.44. The summed E-state index contributed by atoms with van der Waals surface area (Å²) >= 11 is 11.2. The number of ether oxygens (including phenoxy) is 1. The largest absolute Gasteiger partial charge is 0.436 e. The highest BCUT2D eigenvalue weighted by Gasteiger charge is 2.04. The van der Waals surface area contributed by atoms with Crippen molar-refractivity contribution in [2.24, 2.45) is 0 Å². The van der Waals surface area contributed by atoms with E-state index in [1.165, 1.54) is 0 Å². The minimum absolute atomic E-state index is 0.00298. The summed E-state index contributed by atoms with van der Waals surface area (Å²) in [4.78, 5) is 11.2. The molecule has 0 aliphatic carbocycles. The SMILES string of the molecule is O=C(Nc1ccccc1Cl)OCC#CCCl. The van der Waals surface area contributed by atoms with Crippen LogP contribution in [0.2, 0.25) is 5.02 Å². The number of alkyl halides is 1. The molecule has 0 fully saturated rings. The summed E-state index contributed by atoms with van der Waals surface area (Å²) in [7, 11) is 0. The minimum atomic E-state index is -0.600. The van der Waals surface area contributed by atoms with E-state index < -0.39 is 6.09 Å². The number of nitrogens with one attached hydrogen (secondary N) is 1. The van der Waals surface area contributed by atoms with Gasteiger partial charge in [0.15, 0.2) is 6.61 Å². The van der Waals surface area contributed by atoms with E-state index in [2.05, 4.69) is 17.2 Å². The van der Waals surface area contributed by atoms with Crippen LogP contribution in [-0.2, 0) is 4.74 Å². The lowest BCUT2D eigenvalue weighted by Gasteiger charge is -2.05. The predicted octanol–water partition coefficient (Wildman–Crippen LogP) is 3.13. The number of amides is 1. The average Bonchev–Trinajstić information content (AvgIpc) is 2.28. The van der Waals surface area contributed by atoms with Crippen LogP contribution < -0.4 is 5.32 Å². The fourth-order valence-electron chi connectivity index (χ4n) is 0.909. The second kappa shape index (κ2) is 7.00. The van der Waals surface area contributed by atoms with Crippen molar-refractivity contribution in [1.82, 2.24) is 0 Å². The quantitative estimate of drug-likeness (QED) is 0.653. The van der Waals surface area contributed by atoms with E-state index in [0.29, 0.717) is 10.7 Å². The molecule has 0 heterocycles. The molecule has 0 aliphatic rings. The fourth-order valence-corrected chi connectivity index (χ4v) is 1.19. The number of hydrogen-bond acceptors (Lipinski definition) is 2. The van der Waals surface area contributed by atoms with Gasteiger partial charge in [0.25, 0.3) is 0 Å². The molecule has 5 heteroatoms. The number of hydrogen-bond donors (Lipinski definition) is 1. The van der Waals surface area contributed by atoms with E-state index >= 15 is 0 Å². The third-order valence-electron chi connectivity index (χ3n) is 1.58. The molecule has 16 heavy (non-hydrogen) atoms. The van der Waals surface area contributed by atoms with Crippen molar-refractivity contribution in [1.29, 1.82) is 0 Å². The van der Waals surface area contributed by atoms with E-state index in [1.54, 1.807) is 24.3 Å². The zero-order chi connectivity index (χ0) is 11.8. The Labute approximate surface area is 104 Å². The second-order valence-electron chi connectivity index (χ2n) is 2.67. The van der Waals surface area contributed by atoms with Crippen molar-refractivity contribution in [2.75, 3.05) is 17.8 Å². The van der Waals surface area contributed by atoms with E-state index in [9.17, 15) is 4.79 Å². The standard InChI is InChI=1S/C11H9Cl2NO2/c12-7-3-4-8-16-11(15)14-10-6-2-1-5-9(10)13/h1-2,5-6H,7-8H2,(H,14,15). The normalized spacial score (nSPS) is 8.88. The molecule has 84 valence electrons. The van der Waals surface area contributed by atoms with Gasteiger partial charge in [0, 0.05) is 0 Å². The maximum Gasteiger partial charge on any atom is 0.412 e. The lowest BCUT2D eigenvalue weighted by atomic mass is 10.3. The molecule has 1 aromatic rings. The first kappa shape index (κ1) is 12.7. The van der Waals surface area contributed by atoms with Crippen LogP contribution in [0.4, 0.5) is 10.5 Å². The summed E-state index contributed by atoms with van der Waals surface area (Å²) in [6, 6.07) is 6.87.